The van der Waals surface area contributed by atoms with Crippen molar-refractivity contribution in [3.05, 3.63) is 40.9 Å². The van der Waals surface area contributed by atoms with Crippen LogP contribution in [-0.4, -0.2) is 61.7 Å². The molecule has 5 rings (SSSR count). The van der Waals surface area contributed by atoms with Gasteiger partial charge in [0, 0.05) is 50.7 Å². The molecule has 0 aliphatic carbocycles. The third kappa shape index (κ3) is 5.01. The van der Waals surface area contributed by atoms with Crippen LogP contribution in [0.15, 0.2) is 30.3 Å². The lowest BCUT2D eigenvalue weighted by molar-refractivity contribution is -0.137. The van der Waals surface area contributed by atoms with Gasteiger partial charge in [0.25, 0.3) is 0 Å². The van der Waals surface area contributed by atoms with E-state index in [4.69, 9.17) is 4.74 Å². The van der Waals surface area contributed by atoms with Gasteiger partial charge in [-0.2, -0.15) is 13.2 Å². The third-order valence-corrected chi connectivity index (χ3v) is 8.03. The van der Waals surface area contributed by atoms with Crippen molar-refractivity contribution in [3.8, 4) is 16.9 Å². The van der Waals surface area contributed by atoms with Gasteiger partial charge in [0.2, 0.25) is 5.91 Å². The average molecular weight is 519 g/mol. The first-order valence-corrected chi connectivity index (χ1v) is 12.9. The quantitative estimate of drug-likeness (QED) is 0.518. The Kier molecular flexibility index (Phi) is 6.59. The van der Waals surface area contributed by atoms with E-state index in [1.165, 1.54) is 17.4 Å². The van der Waals surface area contributed by atoms with Crippen LogP contribution in [0.5, 0.6) is 5.75 Å². The lowest BCUT2D eigenvalue weighted by atomic mass is 9.99. The summed E-state index contributed by atoms with van der Waals surface area (Å²) in [6.45, 7) is 6.91. The van der Waals surface area contributed by atoms with Gasteiger partial charge in [-0.25, -0.2) is 4.98 Å². The zero-order chi connectivity index (χ0) is 25.6. The number of halogens is 3. The molecule has 3 heterocycles. The minimum absolute atomic E-state index is 0.00287. The van der Waals surface area contributed by atoms with Crippen molar-refractivity contribution >= 4 is 33.1 Å². The van der Waals surface area contributed by atoms with Crippen molar-refractivity contribution in [2.45, 2.75) is 32.5 Å². The van der Waals surface area contributed by atoms with E-state index in [0.717, 1.165) is 22.8 Å². The van der Waals surface area contributed by atoms with Crippen LogP contribution in [0.25, 0.3) is 21.3 Å². The maximum absolute atomic E-state index is 14.2. The van der Waals surface area contributed by atoms with Crippen LogP contribution in [0, 0.1) is 12.8 Å². The van der Waals surface area contributed by atoms with Crippen LogP contribution in [0.2, 0.25) is 0 Å². The largest absolute Gasteiger partial charge is 0.489 e. The zero-order valence-corrected chi connectivity index (χ0v) is 21.3. The maximum atomic E-state index is 14.2. The number of hydrogen-bond donors (Lipinski definition) is 1. The van der Waals surface area contributed by atoms with Gasteiger partial charge in [-0.05, 0) is 56.3 Å². The number of anilines is 1. The summed E-state index contributed by atoms with van der Waals surface area (Å²) in [6.07, 6.45) is -4.32. The van der Waals surface area contributed by atoms with Gasteiger partial charge in [-0.3, -0.25) is 4.79 Å². The Morgan fingerprint density at radius 3 is 2.56 bits per heavy atom. The number of aromatic nitrogens is 1. The van der Waals surface area contributed by atoms with Crippen LogP contribution in [0.4, 0.5) is 18.9 Å². The Bertz CT molecular complexity index is 1280. The Balaban J connectivity index is 1.53. The number of likely N-dealkylation sites (N-methyl/N-ethyl adjacent to an activating group) is 1. The number of benzene rings is 2. The lowest BCUT2D eigenvalue weighted by Crippen LogP contribution is -2.45. The zero-order valence-electron chi connectivity index (χ0n) is 20.5. The van der Waals surface area contributed by atoms with E-state index in [-0.39, 0.29) is 23.6 Å². The first-order chi connectivity index (χ1) is 17.1. The molecule has 0 bridgehead atoms. The number of carbonyl (C=O) groups is 1. The van der Waals surface area contributed by atoms with Gasteiger partial charge < -0.3 is 19.9 Å². The van der Waals surface area contributed by atoms with Gasteiger partial charge in [0.15, 0.2) is 0 Å². The fraction of sp³-hybridized carbons (Fsp3) is 0.462. The Labute approximate surface area is 212 Å². The van der Waals surface area contributed by atoms with E-state index in [9.17, 15) is 18.0 Å². The summed E-state index contributed by atoms with van der Waals surface area (Å²) in [7, 11) is 1.98. The van der Waals surface area contributed by atoms with Crippen molar-refractivity contribution in [1.82, 2.24) is 15.2 Å². The van der Waals surface area contributed by atoms with Crippen molar-refractivity contribution in [3.63, 3.8) is 0 Å². The first kappa shape index (κ1) is 24.8. The molecular formula is C26H29F3N4O2S. The molecule has 0 radical (unpaired) electrons. The molecule has 2 saturated heterocycles. The summed E-state index contributed by atoms with van der Waals surface area (Å²) in [6, 6.07) is 8.18. The molecular weight excluding hydrogens is 489 g/mol. The number of piperazine rings is 1. The molecule has 2 unspecified atom stereocenters. The molecule has 2 fully saturated rings. The molecule has 2 atom stereocenters. The summed E-state index contributed by atoms with van der Waals surface area (Å²) in [5.74, 6) is 0.615. The monoisotopic (exact) mass is 518 g/mol. The number of alkyl halides is 3. The van der Waals surface area contributed by atoms with Crippen LogP contribution in [0.1, 0.15) is 23.9 Å². The number of aryl methyl sites for hydroxylation is 1. The highest BCUT2D eigenvalue weighted by atomic mass is 32.1. The predicted octanol–water partition coefficient (Wildman–Crippen LogP) is 4.95. The lowest BCUT2D eigenvalue weighted by Gasteiger charge is -2.35. The number of ether oxygens (including phenoxy) is 1. The minimum Gasteiger partial charge on any atom is -0.489 e. The van der Waals surface area contributed by atoms with E-state index in [0.29, 0.717) is 48.4 Å². The Morgan fingerprint density at radius 1 is 1.14 bits per heavy atom. The normalized spacial score (nSPS) is 20.1. The molecule has 3 aromatic rings. The molecule has 2 aromatic carbocycles. The van der Waals surface area contributed by atoms with E-state index in [2.05, 4.69) is 15.2 Å². The van der Waals surface area contributed by atoms with Gasteiger partial charge in [0.05, 0.1) is 20.8 Å². The number of rotatable bonds is 5. The maximum Gasteiger partial charge on any atom is 0.418 e. The molecule has 36 heavy (non-hydrogen) atoms. The van der Waals surface area contributed by atoms with E-state index < -0.39 is 11.7 Å². The van der Waals surface area contributed by atoms with Crippen LogP contribution < -0.4 is 15.0 Å². The van der Waals surface area contributed by atoms with E-state index >= 15 is 0 Å². The van der Waals surface area contributed by atoms with E-state index in [1.807, 2.05) is 31.9 Å². The van der Waals surface area contributed by atoms with Gasteiger partial charge >= 0.3 is 6.18 Å². The summed E-state index contributed by atoms with van der Waals surface area (Å²) in [4.78, 5) is 20.2. The first-order valence-electron chi connectivity index (χ1n) is 12.1. The Hall–Kier alpha value is -2.85. The number of fused-ring (bicyclic) bond motifs is 1. The van der Waals surface area contributed by atoms with E-state index in [1.54, 1.807) is 18.2 Å². The number of amides is 1. The van der Waals surface area contributed by atoms with Gasteiger partial charge in [-0.15, -0.1) is 11.3 Å². The highest BCUT2D eigenvalue weighted by molar-refractivity contribution is 7.18. The van der Waals surface area contributed by atoms with Crippen molar-refractivity contribution < 1.29 is 22.7 Å². The number of thiazole rings is 1. The van der Waals surface area contributed by atoms with Crippen LogP contribution >= 0.6 is 11.3 Å². The molecule has 1 N–H and O–H groups in total. The molecule has 2 aliphatic rings. The summed E-state index contributed by atoms with van der Waals surface area (Å²) >= 11 is 1.49. The second-order valence-electron chi connectivity index (χ2n) is 9.67. The molecule has 192 valence electrons. The summed E-state index contributed by atoms with van der Waals surface area (Å²) in [5.41, 5.74) is 1.35. The molecule has 2 aliphatic heterocycles. The smallest absolute Gasteiger partial charge is 0.418 e. The number of nitrogens with zero attached hydrogens (tertiary/aromatic N) is 3. The minimum atomic E-state index is -4.48. The highest BCUT2D eigenvalue weighted by Crippen LogP contribution is 2.42. The standard InChI is InChI=1S/C26H29F3N4O2S/c1-15(19-13-24(34)30-14-19)35-23-12-18(11-21-25(23)36-16(2)31-21)17-4-5-22(20(10-17)26(27,28)29)33-8-6-32(3)7-9-33/h4-5,10-12,15,19H,6-9,13-14H2,1-3H3,(H,30,34). The van der Waals surface area contributed by atoms with Crippen LogP contribution in [-0.2, 0) is 11.0 Å². The average Bonchev–Trinajstić information content (AvgIpc) is 3.43. The fourth-order valence-corrected chi connectivity index (χ4v) is 5.75. The van der Waals surface area contributed by atoms with Crippen LogP contribution in [0.3, 0.4) is 0 Å². The van der Waals surface area contributed by atoms with Crippen molar-refractivity contribution in [2.75, 3.05) is 44.7 Å². The molecule has 10 heteroatoms. The third-order valence-electron chi connectivity index (χ3n) is 7.03. The number of carbonyl (C=O) groups excluding carboxylic acids is 1. The van der Waals surface area contributed by atoms with Crippen molar-refractivity contribution in [1.29, 1.82) is 0 Å². The molecule has 1 amide bonds. The molecule has 6 nitrogen and oxygen atoms in total. The van der Waals surface area contributed by atoms with Crippen molar-refractivity contribution in [2.24, 2.45) is 5.92 Å². The van der Waals surface area contributed by atoms with Gasteiger partial charge in [0.1, 0.15) is 11.9 Å². The second kappa shape index (κ2) is 9.55. The molecule has 0 spiro atoms. The molecule has 1 aromatic heterocycles. The topological polar surface area (TPSA) is 57.7 Å². The fourth-order valence-electron chi connectivity index (χ4n) is 4.89. The second-order valence-corrected chi connectivity index (χ2v) is 10.9. The highest BCUT2D eigenvalue weighted by Gasteiger charge is 2.36. The predicted molar refractivity (Wildman–Crippen MR) is 136 cm³/mol. The SMILES string of the molecule is Cc1nc2cc(-c3ccc(N4CCN(C)CC4)c(C(F)(F)F)c3)cc(OC(C)C3CNC(=O)C3)c2s1. The number of nitrogens with one attached hydrogen (secondary N) is 1. The summed E-state index contributed by atoms with van der Waals surface area (Å²) < 4.78 is 49.7. The molecule has 0 saturated carbocycles. The summed E-state index contributed by atoms with van der Waals surface area (Å²) in [5, 5.41) is 3.67. The Morgan fingerprint density at radius 2 is 1.89 bits per heavy atom. The number of hydrogen-bond acceptors (Lipinski definition) is 6. The van der Waals surface area contributed by atoms with Gasteiger partial charge in [-0.1, -0.05) is 6.07 Å².